The number of carboxylic acid groups (broad SMARTS) is 1. The number of amides is 2. The molecule has 0 saturated carbocycles. The lowest BCUT2D eigenvalue weighted by atomic mass is 10.1. The zero-order valence-corrected chi connectivity index (χ0v) is 8.79. The molecule has 82 valence electrons. The number of hydrogen-bond donors (Lipinski definition) is 2. The van der Waals surface area contributed by atoms with Crippen molar-refractivity contribution >= 4 is 12.0 Å². The molecule has 0 bridgehead atoms. The second-order valence-corrected chi connectivity index (χ2v) is 3.44. The molecule has 0 heterocycles. The Bertz CT molecular complexity index is 204. The highest BCUT2D eigenvalue weighted by atomic mass is 16.4. The summed E-state index contributed by atoms with van der Waals surface area (Å²) in [6.07, 6.45) is 0.811. The van der Waals surface area contributed by atoms with Crippen molar-refractivity contribution < 1.29 is 14.7 Å². The molecule has 0 aliphatic rings. The van der Waals surface area contributed by atoms with E-state index in [0.717, 1.165) is 6.42 Å². The van der Waals surface area contributed by atoms with Gasteiger partial charge in [0.25, 0.3) is 0 Å². The monoisotopic (exact) mass is 201 g/mol. The van der Waals surface area contributed by atoms with Crippen molar-refractivity contribution in [2.45, 2.75) is 33.2 Å². The van der Waals surface area contributed by atoms with Crippen LogP contribution in [-0.2, 0) is 4.79 Å². The number of carbonyl (C=O) groups excluding carboxylic acids is 2. The van der Waals surface area contributed by atoms with Crippen LogP contribution in [-0.4, -0.2) is 24.6 Å². The van der Waals surface area contributed by atoms with Crippen molar-refractivity contribution in [3.8, 4) is 0 Å². The fraction of sp³-hybridized carbons (Fsp3) is 0.778. The molecule has 0 fully saturated rings. The summed E-state index contributed by atoms with van der Waals surface area (Å²) in [6, 6.07) is -1.40. The van der Waals surface area contributed by atoms with E-state index in [4.69, 9.17) is 0 Å². The number of carbonyl (C=O) groups is 2. The van der Waals surface area contributed by atoms with Gasteiger partial charge in [0.2, 0.25) is 0 Å². The highest BCUT2D eigenvalue weighted by Gasteiger charge is 2.16. The van der Waals surface area contributed by atoms with Gasteiger partial charge < -0.3 is 20.5 Å². The van der Waals surface area contributed by atoms with Gasteiger partial charge in [0.15, 0.2) is 0 Å². The zero-order chi connectivity index (χ0) is 11.1. The van der Waals surface area contributed by atoms with Gasteiger partial charge in [-0.05, 0) is 12.3 Å². The topological polar surface area (TPSA) is 81.3 Å². The van der Waals surface area contributed by atoms with Crippen molar-refractivity contribution in [1.29, 1.82) is 0 Å². The number of urea groups is 1. The minimum absolute atomic E-state index is 0.188. The number of hydrogen-bond acceptors (Lipinski definition) is 3. The summed E-state index contributed by atoms with van der Waals surface area (Å²) in [5.74, 6) is -1.45. The predicted octanol–water partition coefficient (Wildman–Crippen LogP) is -0.530. The van der Waals surface area contributed by atoms with Crippen molar-refractivity contribution in [3.63, 3.8) is 0 Å². The van der Waals surface area contributed by atoms with E-state index < -0.39 is 18.0 Å². The van der Waals surface area contributed by atoms with E-state index >= 15 is 0 Å². The Hall–Kier alpha value is -1.26. The fourth-order valence-electron chi connectivity index (χ4n) is 0.929. The van der Waals surface area contributed by atoms with Crippen LogP contribution >= 0.6 is 0 Å². The maximum atomic E-state index is 11.1. The summed E-state index contributed by atoms with van der Waals surface area (Å²) in [5.41, 5.74) is 0. The molecule has 0 radical (unpaired) electrons. The van der Waals surface area contributed by atoms with E-state index in [1.54, 1.807) is 13.8 Å². The molecular formula is C9H17N2O3-. The van der Waals surface area contributed by atoms with Crippen molar-refractivity contribution in [3.05, 3.63) is 0 Å². The average molecular weight is 201 g/mol. The molecule has 0 aromatic carbocycles. The molecule has 0 unspecified atom stereocenters. The molecule has 0 aromatic heterocycles. The van der Waals surface area contributed by atoms with Crippen LogP contribution in [0.1, 0.15) is 27.2 Å². The second kappa shape index (κ2) is 6.23. The summed E-state index contributed by atoms with van der Waals surface area (Å²) in [5, 5.41) is 15.5. The highest BCUT2D eigenvalue weighted by Crippen LogP contribution is 1.99. The van der Waals surface area contributed by atoms with Crippen LogP contribution in [0.3, 0.4) is 0 Å². The van der Waals surface area contributed by atoms with Gasteiger partial charge in [-0.25, -0.2) is 4.79 Å². The molecule has 0 aromatic rings. The normalized spacial score (nSPS) is 12.3. The predicted molar refractivity (Wildman–Crippen MR) is 50.5 cm³/mol. The molecule has 0 rings (SSSR count). The van der Waals surface area contributed by atoms with Crippen LogP contribution in [0.2, 0.25) is 0 Å². The Morgan fingerprint density at radius 2 is 1.93 bits per heavy atom. The number of rotatable bonds is 5. The SMILES string of the molecule is CCCNC(=O)N[C@H](C(=O)[O-])C(C)C. The summed E-state index contributed by atoms with van der Waals surface area (Å²) >= 11 is 0. The minimum Gasteiger partial charge on any atom is -0.548 e. The van der Waals surface area contributed by atoms with Crippen LogP contribution in [0.25, 0.3) is 0 Å². The first-order chi connectivity index (χ1) is 6.49. The maximum absolute atomic E-state index is 11.1. The Morgan fingerprint density at radius 1 is 1.36 bits per heavy atom. The van der Waals surface area contributed by atoms with E-state index in [-0.39, 0.29) is 5.92 Å². The largest absolute Gasteiger partial charge is 0.548 e. The first-order valence-electron chi connectivity index (χ1n) is 4.74. The van der Waals surface area contributed by atoms with Crippen molar-refractivity contribution in [2.24, 2.45) is 5.92 Å². The molecular weight excluding hydrogens is 184 g/mol. The summed E-state index contributed by atoms with van der Waals surface area (Å²) in [7, 11) is 0. The third-order valence-corrected chi connectivity index (χ3v) is 1.74. The van der Waals surface area contributed by atoms with Crippen LogP contribution < -0.4 is 15.7 Å². The molecule has 0 aliphatic heterocycles. The number of aliphatic carboxylic acids is 1. The lowest BCUT2D eigenvalue weighted by Crippen LogP contribution is -2.53. The highest BCUT2D eigenvalue weighted by molar-refractivity contribution is 5.81. The smallest absolute Gasteiger partial charge is 0.315 e. The summed E-state index contributed by atoms with van der Waals surface area (Å²) in [4.78, 5) is 21.7. The standard InChI is InChI=1S/C9H18N2O3/c1-4-5-10-9(14)11-7(6(2)3)8(12)13/h6-7H,4-5H2,1-3H3,(H,12,13)(H2,10,11,14)/p-1/t7-/m0/s1. The second-order valence-electron chi connectivity index (χ2n) is 3.44. The molecule has 14 heavy (non-hydrogen) atoms. The van der Waals surface area contributed by atoms with E-state index in [9.17, 15) is 14.7 Å². The molecule has 5 nitrogen and oxygen atoms in total. The van der Waals surface area contributed by atoms with Gasteiger partial charge in [-0.3, -0.25) is 0 Å². The minimum atomic E-state index is -1.26. The van der Waals surface area contributed by atoms with Gasteiger partial charge in [0.1, 0.15) is 0 Å². The van der Waals surface area contributed by atoms with Gasteiger partial charge in [-0.2, -0.15) is 0 Å². The van der Waals surface area contributed by atoms with Crippen molar-refractivity contribution in [1.82, 2.24) is 10.6 Å². The van der Waals surface area contributed by atoms with Crippen molar-refractivity contribution in [2.75, 3.05) is 6.54 Å². The quantitative estimate of drug-likeness (QED) is 0.627. The molecule has 0 saturated heterocycles. The number of carboxylic acids is 1. The molecule has 5 heteroatoms. The molecule has 2 N–H and O–H groups in total. The first-order valence-corrected chi connectivity index (χ1v) is 4.74. The average Bonchev–Trinajstić information content (AvgIpc) is 2.09. The number of nitrogens with one attached hydrogen (secondary N) is 2. The summed E-state index contributed by atoms with van der Waals surface area (Å²) in [6.45, 7) is 5.86. The lowest BCUT2D eigenvalue weighted by molar-refractivity contribution is -0.309. The lowest BCUT2D eigenvalue weighted by Gasteiger charge is -2.23. The van der Waals surface area contributed by atoms with Gasteiger partial charge in [0, 0.05) is 6.54 Å². The van der Waals surface area contributed by atoms with E-state index in [2.05, 4.69) is 10.6 Å². The van der Waals surface area contributed by atoms with Crippen LogP contribution in [0.15, 0.2) is 0 Å². The van der Waals surface area contributed by atoms with E-state index in [1.165, 1.54) is 0 Å². The third kappa shape index (κ3) is 4.69. The van der Waals surface area contributed by atoms with E-state index in [1.807, 2.05) is 6.92 Å². The van der Waals surface area contributed by atoms with E-state index in [0.29, 0.717) is 6.54 Å². The first kappa shape index (κ1) is 12.7. The third-order valence-electron chi connectivity index (χ3n) is 1.74. The Balaban J connectivity index is 4.04. The van der Waals surface area contributed by atoms with Gasteiger partial charge in [-0.15, -0.1) is 0 Å². The zero-order valence-electron chi connectivity index (χ0n) is 8.79. The molecule has 1 atom stereocenters. The van der Waals surface area contributed by atoms with Crippen LogP contribution in [0.5, 0.6) is 0 Å². The Morgan fingerprint density at radius 3 is 2.29 bits per heavy atom. The Kier molecular flexibility index (Phi) is 5.67. The van der Waals surface area contributed by atoms with Crippen LogP contribution in [0, 0.1) is 5.92 Å². The fourth-order valence-corrected chi connectivity index (χ4v) is 0.929. The van der Waals surface area contributed by atoms with Gasteiger partial charge in [-0.1, -0.05) is 20.8 Å². The van der Waals surface area contributed by atoms with Crippen LogP contribution in [0.4, 0.5) is 4.79 Å². The van der Waals surface area contributed by atoms with Gasteiger partial charge >= 0.3 is 6.03 Å². The summed E-state index contributed by atoms with van der Waals surface area (Å²) < 4.78 is 0. The molecule has 0 aliphatic carbocycles. The Labute approximate surface area is 83.9 Å². The van der Waals surface area contributed by atoms with Gasteiger partial charge in [0.05, 0.1) is 12.0 Å². The maximum Gasteiger partial charge on any atom is 0.315 e. The molecule has 2 amide bonds. The molecule has 0 spiro atoms.